The fraction of sp³-hybridized carbons (Fsp3) is 0.588. The Morgan fingerprint density at radius 1 is 1.29 bits per heavy atom. The lowest BCUT2D eigenvalue weighted by molar-refractivity contribution is -0.133. The standard InChI is InChI=1S/C17H26N2O2/c1-18(11-12-20)14-17(21)19-9-7-16(8-10-19)13-15-5-3-2-4-6-15/h2-6,16,20H,7-14H2,1H3. The van der Waals surface area contributed by atoms with Crippen LogP contribution in [0.25, 0.3) is 0 Å². The van der Waals surface area contributed by atoms with Crippen LogP contribution in [0.1, 0.15) is 18.4 Å². The van der Waals surface area contributed by atoms with Crippen molar-refractivity contribution in [1.82, 2.24) is 9.80 Å². The van der Waals surface area contributed by atoms with Gasteiger partial charge in [-0.3, -0.25) is 9.69 Å². The van der Waals surface area contributed by atoms with Gasteiger partial charge in [0.25, 0.3) is 0 Å². The van der Waals surface area contributed by atoms with Crippen molar-refractivity contribution in [2.45, 2.75) is 19.3 Å². The SMILES string of the molecule is CN(CCO)CC(=O)N1CCC(Cc2ccccc2)CC1. The third-order valence-electron chi connectivity index (χ3n) is 4.22. The molecule has 4 nitrogen and oxygen atoms in total. The number of benzene rings is 1. The number of hydrogen-bond donors (Lipinski definition) is 1. The molecule has 1 fully saturated rings. The number of piperidine rings is 1. The Hall–Kier alpha value is -1.39. The van der Waals surface area contributed by atoms with E-state index in [4.69, 9.17) is 5.11 Å². The van der Waals surface area contributed by atoms with E-state index in [1.54, 1.807) is 0 Å². The van der Waals surface area contributed by atoms with Crippen LogP contribution in [-0.4, -0.2) is 60.6 Å². The second-order valence-electron chi connectivity index (χ2n) is 5.98. The van der Waals surface area contributed by atoms with Crippen molar-refractivity contribution in [3.05, 3.63) is 35.9 Å². The number of likely N-dealkylation sites (tertiary alicyclic amines) is 1. The van der Waals surface area contributed by atoms with Gasteiger partial charge in [0.15, 0.2) is 0 Å². The normalized spacial score (nSPS) is 16.4. The maximum atomic E-state index is 12.2. The molecule has 0 bridgehead atoms. The Kier molecular flexibility index (Phi) is 6.21. The number of amides is 1. The lowest BCUT2D eigenvalue weighted by Crippen LogP contribution is -2.44. The van der Waals surface area contributed by atoms with E-state index in [2.05, 4.69) is 24.3 Å². The predicted molar refractivity (Wildman–Crippen MR) is 84.0 cm³/mol. The van der Waals surface area contributed by atoms with E-state index in [1.807, 2.05) is 22.9 Å². The molecule has 1 heterocycles. The number of rotatable bonds is 6. The third kappa shape index (κ3) is 5.14. The fourth-order valence-corrected chi connectivity index (χ4v) is 2.91. The zero-order valence-corrected chi connectivity index (χ0v) is 12.9. The Morgan fingerprint density at radius 2 is 1.95 bits per heavy atom. The van der Waals surface area contributed by atoms with Gasteiger partial charge in [0, 0.05) is 19.6 Å². The summed E-state index contributed by atoms with van der Waals surface area (Å²) in [5.41, 5.74) is 1.39. The molecule has 1 aromatic rings. The number of nitrogens with zero attached hydrogens (tertiary/aromatic N) is 2. The molecule has 0 atom stereocenters. The predicted octanol–water partition coefficient (Wildman–Crippen LogP) is 1.39. The lowest BCUT2D eigenvalue weighted by atomic mass is 9.90. The van der Waals surface area contributed by atoms with Gasteiger partial charge in [0.05, 0.1) is 13.2 Å². The summed E-state index contributed by atoms with van der Waals surface area (Å²) in [7, 11) is 1.87. The van der Waals surface area contributed by atoms with Crippen LogP contribution >= 0.6 is 0 Å². The first-order valence-corrected chi connectivity index (χ1v) is 7.80. The molecule has 1 amide bonds. The van der Waals surface area contributed by atoms with Gasteiger partial charge in [-0.1, -0.05) is 30.3 Å². The Labute approximate surface area is 127 Å². The highest BCUT2D eigenvalue weighted by Crippen LogP contribution is 2.21. The average molecular weight is 290 g/mol. The first-order chi connectivity index (χ1) is 10.2. The summed E-state index contributed by atoms with van der Waals surface area (Å²) in [6.45, 7) is 2.79. The highest BCUT2D eigenvalue weighted by Gasteiger charge is 2.23. The molecular weight excluding hydrogens is 264 g/mol. The molecule has 0 unspecified atom stereocenters. The summed E-state index contributed by atoms with van der Waals surface area (Å²) < 4.78 is 0. The smallest absolute Gasteiger partial charge is 0.236 e. The molecule has 2 rings (SSSR count). The Morgan fingerprint density at radius 3 is 2.57 bits per heavy atom. The number of likely N-dealkylation sites (N-methyl/N-ethyl adjacent to an activating group) is 1. The van der Waals surface area contributed by atoms with Crippen LogP contribution in [0.3, 0.4) is 0 Å². The van der Waals surface area contributed by atoms with E-state index >= 15 is 0 Å². The van der Waals surface area contributed by atoms with Crippen LogP contribution in [0, 0.1) is 5.92 Å². The van der Waals surface area contributed by atoms with Crippen molar-refractivity contribution in [2.75, 3.05) is 39.8 Å². The van der Waals surface area contributed by atoms with Gasteiger partial charge in [0.2, 0.25) is 5.91 Å². The minimum Gasteiger partial charge on any atom is -0.395 e. The molecule has 1 aliphatic heterocycles. The van der Waals surface area contributed by atoms with Crippen LogP contribution in [0.15, 0.2) is 30.3 Å². The van der Waals surface area contributed by atoms with E-state index in [9.17, 15) is 4.79 Å². The number of hydrogen-bond acceptors (Lipinski definition) is 3. The van der Waals surface area contributed by atoms with Crippen molar-refractivity contribution in [1.29, 1.82) is 0 Å². The summed E-state index contributed by atoms with van der Waals surface area (Å²) >= 11 is 0. The summed E-state index contributed by atoms with van der Waals surface area (Å²) in [6.07, 6.45) is 3.29. The maximum absolute atomic E-state index is 12.2. The Balaban J connectivity index is 1.74. The molecule has 4 heteroatoms. The monoisotopic (exact) mass is 290 g/mol. The van der Waals surface area contributed by atoms with Crippen molar-refractivity contribution in [2.24, 2.45) is 5.92 Å². The average Bonchev–Trinajstić information content (AvgIpc) is 2.49. The second kappa shape index (κ2) is 8.15. The number of carbonyl (C=O) groups is 1. The van der Waals surface area contributed by atoms with Crippen LogP contribution in [0.5, 0.6) is 0 Å². The van der Waals surface area contributed by atoms with E-state index < -0.39 is 0 Å². The molecule has 0 aromatic heterocycles. The van der Waals surface area contributed by atoms with E-state index in [1.165, 1.54) is 5.56 Å². The third-order valence-corrected chi connectivity index (χ3v) is 4.22. The van der Waals surface area contributed by atoms with Gasteiger partial charge in [-0.2, -0.15) is 0 Å². The lowest BCUT2D eigenvalue weighted by Gasteiger charge is -2.33. The zero-order chi connectivity index (χ0) is 15.1. The zero-order valence-electron chi connectivity index (χ0n) is 12.9. The minimum atomic E-state index is 0.100. The van der Waals surface area contributed by atoms with Crippen LogP contribution in [-0.2, 0) is 11.2 Å². The largest absolute Gasteiger partial charge is 0.395 e. The van der Waals surface area contributed by atoms with Gasteiger partial charge < -0.3 is 10.0 Å². The van der Waals surface area contributed by atoms with Gasteiger partial charge in [-0.05, 0) is 37.8 Å². The van der Waals surface area contributed by atoms with E-state index in [0.29, 0.717) is 19.0 Å². The fourth-order valence-electron chi connectivity index (χ4n) is 2.91. The molecule has 0 radical (unpaired) electrons. The number of aliphatic hydroxyl groups excluding tert-OH is 1. The van der Waals surface area contributed by atoms with Crippen LogP contribution < -0.4 is 0 Å². The summed E-state index contributed by atoms with van der Waals surface area (Å²) in [5, 5.41) is 8.87. The summed E-state index contributed by atoms with van der Waals surface area (Å²) in [5.74, 6) is 0.871. The van der Waals surface area contributed by atoms with E-state index in [0.717, 1.165) is 32.4 Å². The first kappa shape index (κ1) is 16.0. The van der Waals surface area contributed by atoms with Gasteiger partial charge in [-0.15, -0.1) is 0 Å². The van der Waals surface area contributed by atoms with Crippen molar-refractivity contribution in [3.8, 4) is 0 Å². The molecule has 21 heavy (non-hydrogen) atoms. The molecule has 0 aliphatic carbocycles. The molecular formula is C17H26N2O2. The highest BCUT2D eigenvalue weighted by atomic mass is 16.3. The van der Waals surface area contributed by atoms with Gasteiger partial charge >= 0.3 is 0 Å². The first-order valence-electron chi connectivity index (χ1n) is 7.80. The number of aliphatic hydroxyl groups is 1. The second-order valence-corrected chi connectivity index (χ2v) is 5.98. The van der Waals surface area contributed by atoms with Crippen molar-refractivity contribution in [3.63, 3.8) is 0 Å². The quantitative estimate of drug-likeness (QED) is 0.861. The van der Waals surface area contributed by atoms with Crippen LogP contribution in [0.2, 0.25) is 0 Å². The van der Waals surface area contributed by atoms with E-state index in [-0.39, 0.29) is 12.5 Å². The molecule has 1 saturated heterocycles. The molecule has 1 aliphatic rings. The molecule has 1 N–H and O–H groups in total. The summed E-state index contributed by atoms with van der Waals surface area (Å²) in [6, 6.07) is 10.6. The van der Waals surface area contributed by atoms with Crippen molar-refractivity contribution >= 4 is 5.91 Å². The van der Waals surface area contributed by atoms with Gasteiger partial charge in [0.1, 0.15) is 0 Å². The molecule has 1 aromatic carbocycles. The molecule has 0 spiro atoms. The molecule has 0 saturated carbocycles. The Bertz CT molecular complexity index is 428. The summed E-state index contributed by atoms with van der Waals surface area (Å²) in [4.78, 5) is 16.0. The minimum absolute atomic E-state index is 0.100. The molecule has 116 valence electrons. The van der Waals surface area contributed by atoms with Crippen molar-refractivity contribution < 1.29 is 9.90 Å². The number of carbonyl (C=O) groups excluding carboxylic acids is 1. The van der Waals surface area contributed by atoms with Gasteiger partial charge in [-0.25, -0.2) is 0 Å². The highest BCUT2D eigenvalue weighted by molar-refractivity contribution is 5.78. The van der Waals surface area contributed by atoms with Crippen LogP contribution in [0.4, 0.5) is 0 Å². The maximum Gasteiger partial charge on any atom is 0.236 e. The topological polar surface area (TPSA) is 43.8 Å².